The molecule has 0 saturated carbocycles. The van der Waals surface area contributed by atoms with Gasteiger partial charge in [0.25, 0.3) is 5.91 Å². The van der Waals surface area contributed by atoms with Crippen LogP contribution in [0.5, 0.6) is 5.75 Å². The molecule has 6 heteroatoms. The molecule has 0 radical (unpaired) electrons. The number of benzene rings is 1. The molecule has 6 nitrogen and oxygen atoms in total. The molecule has 1 aromatic carbocycles. The van der Waals surface area contributed by atoms with Gasteiger partial charge in [0.2, 0.25) is 5.43 Å². The molecule has 24 heavy (non-hydrogen) atoms. The molecule has 2 aromatic rings. The third-order valence-electron chi connectivity index (χ3n) is 4.33. The normalized spacial score (nSPS) is 14.6. The van der Waals surface area contributed by atoms with Gasteiger partial charge in [0.1, 0.15) is 5.69 Å². The zero-order valence-electron chi connectivity index (χ0n) is 13.9. The number of carbonyl (C=O) groups is 1. The molecule has 0 bridgehead atoms. The Morgan fingerprint density at radius 1 is 1.08 bits per heavy atom. The Morgan fingerprint density at radius 2 is 1.75 bits per heavy atom. The summed E-state index contributed by atoms with van der Waals surface area (Å²) in [7, 11) is 3.19. The van der Waals surface area contributed by atoms with Gasteiger partial charge in [0.15, 0.2) is 5.75 Å². The van der Waals surface area contributed by atoms with Gasteiger partial charge in [0, 0.05) is 45.0 Å². The molecule has 0 N–H and O–H groups in total. The fourth-order valence-corrected chi connectivity index (χ4v) is 2.94. The Kier molecular flexibility index (Phi) is 4.55. The van der Waals surface area contributed by atoms with Crippen molar-refractivity contribution in [3.05, 3.63) is 58.5 Å². The molecule has 1 aliphatic heterocycles. The number of hydrogen-bond donors (Lipinski definition) is 0. The van der Waals surface area contributed by atoms with Crippen LogP contribution in [-0.2, 0) is 7.05 Å². The van der Waals surface area contributed by atoms with Crippen LogP contribution >= 0.6 is 0 Å². The van der Waals surface area contributed by atoms with E-state index in [1.807, 2.05) is 18.2 Å². The minimum absolute atomic E-state index is 0.120. The van der Waals surface area contributed by atoms with Gasteiger partial charge in [0.05, 0.1) is 13.3 Å². The average molecular weight is 327 g/mol. The maximum atomic E-state index is 12.7. The third-order valence-corrected chi connectivity index (χ3v) is 4.33. The van der Waals surface area contributed by atoms with Crippen molar-refractivity contribution in [2.24, 2.45) is 7.05 Å². The Bertz CT molecular complexity index is 778. The number of carbonyl (C=O) groups excluding carboxylic acids is 1. The van der Waals surface area contributed by atoms with Crippen LogP contribution in [0.25, 0.3) is 0 Å². The summed E-state index contributed by atoms with van der Waals surface area (Å²) in [5.41, 5.74) is 1.28. The highest BCUT2D eigenvalue weighted by Gasteiger charge is 2.24. The minimum atomic E-state index is -0.276. The second-order valence-corrected chi connectivity index (χ2v) is 5.82. The Hall–Kier alpha value is -2.76. The first-order chi connectivity index (χ1) is 11.6. The average Bonchev–Trinajstić information content (AvgIpc) is 2.63. The van der Waals surface area contributed by atoms with Crippen LogP contribution in [0.4, 0.5) is 5.69 Å². The molecular formula is C18H21N3O3. The number of piperazine rings is 1. The van der Waals surface area contributed by atoms with Gasteiger partial charge in [-0.05, 0) is 12.1 Å². The van der Waals surface area contributed by atoms with E-state index in [0.29, 0.717) is 18.8 Å². The number of methoxy groups -OCH3 is 1. The van der Waals surface area contributed by atoms with E-state index >= 15 is 0 Å². The van der Waals surface area contributed by atoms with Crippen molar-refractivity contribution in [3.63, 3.8) is 0 Å². The molecule has 0 aliphatic carbocycles. The van der Waals surface area contributed by atoms with E-state index in [1.54, 1.807) is 22.7 Å². The van der Waals surface area contributed by atoms with Crippen molar-refractivity contribution >= 4 is 11.6 Å². The fourth-order valence-electron chi connectivity index (χ4n) is 2.94. The number of para-hydroxylation sites is 1. The SMILES string of the molecule is COc1cn(C)c(C(=O)N2CCN(c3ccccc3)CC2)cc1=O. The Balaban J connectivity index is 1.72. The number of pyridine rings is 1. The van der Waals surface area contributed by atoms with Crippen molar-refractivity contribution in [1.29, 1.82) is 0 Å². The number of aromatic nitrogens is 1. The van der Waals surface area contributed by atoms with E-state index < -0.39 is 0 Å². The molecule has 1 aromatic heterocycles. The maximum Gasteiger partial charge on any atom is 0.270 e. The fraction of sp³-hybridized carbons (Fsp3) is 0.333. The minimum Gasteiger partial charge on any atom is -0.491 e. The van der Waals surface area contributed by atoms with Crippen LogP contribution in [0.15, 0.2) is 47.4 Å². The van der Waals surface area contributed by atoms with Crippen molar-refractivity contribution in [2.75, 3.05) is 38.2 Å². The molecule has 1 fully saturated rings. The second-order valence-electron chi connectivity index (χ2n) is 5.82. The Morgan fingerprint density at radius 3 is 2.38 bits per heavy atom. The number of rotatable bonds is 3. The van der Waals surface area contributed by atoms with Crippen LogP contribution in [0.3, 0.4) is 0 Å². The number of nitrogens with zero attached hydrogens (tertiary/aromatic N) is 3. The van der Waals surface area contributed by atoms with Crippen molar-refractivity contribution in [2.45, 2.75) is 0 Å². The monoisotopic (exact) mass is 327 g/mol. The molecule has 3 rings (SSSR count). The van der Waals surface area contributed by atoms with Gasteiger partial charge >= 0.3 is 0 Å². The van der Waals surface area contributed by atoms with E-state index in [1.165, 1.54) is 18.9 Å². The highest BCUT2D eigenvalue weighted by atomic mass is 16.5. The smallest absolute Gasteiger partial charge is 0.270 e. The van der Waals surface area contributed by atoms with Gasteiger partial charge < -0.3 is 19.1 Å². The molecular weight excluding hydrogens is 306 g/mol. The highest BCUT2D eigenvalue weighted by Crippen LogP contribution is 2.17. The van der Waals surface area contributed by atoms with Gasteiger partial charge in [-0.25, -0.2) is 0 Å². The Labute approximate surface area is 140 Å². The second kappa shape index (κ2) is 6.78. The van der Waals surface area contributed by atoms with Crippen LogP contribution < -0.4 is 15.1 Å². The number of hydrogen-bond acceptors (Lipinski definition) is 4. The predicted octanol–water partition coefficient (Wildman–Crippen LogP) is 1.36. The van der Waals surface area contributed by atoms with Crippen LogP contribution in [0.2, 0.25) is 0 Å². The lowest BCUT2D eigenvalue weighted by Gasteiger charge is -2.36. The third kappa shape index (κ3) is 3.13. The zero-order chi connectivity index (χ0) is 17.1. The lowest BCUT2D eigenvalue weighted by Crippen LogP contribution is -2.49. The molecule has 0 spiro atoms. The van der Waals surface area contributed by atoms with E-state index in [2.05, 4.69) is 17.0 Å². The molecule has 1 amide bonds. The summed E-state index contributed by atoms with van der Waals surface area (Å²) >= 11 is 0. The molecule has 1 aliphatic rings. The molecule has 0 atom stereocenters. The van der Waals surface area contributed by atoms with Crippen LogP contribution in [0, 0.1) is 0 Å². The van der Waals surface area contributed by atoms with Crippen molar-refractivity contribution < 1.29 is 9.53 Å². The summed E-state index contributed by atoms with van der Waals surface area (Å²) in [5, 5.41) is 0. The summed E-state index contributed by atoms with van der Waals surface area (Å²) in [4.78, 5) is 28.7. The first-order valence-corrected chi connectivity index (χ1v) is 7.94. The quantitative estimate of drug-likeness (QED) is 0.854. The number of aryl methyl sites for hydroxylation is 1. The van der Waals surface area contributed by atoms with Crippen LogP contribution in [-0.4, -0.2) is 48.7 Å². The van der Waals surface area contributed by atoms with Gasteiger partial charge in [-0.1, -0.05) is 18.2 Å². The van der Waals surface area contributed by atoms with Gasteiger partial charge in [-0.15, -0.1) is 0 Å². The number of ether oxygens (including phenoxy) is 1. The first-order valence-electron chi connectivity index (χ1n) is 7.94. The molecule has 2 heterocycles. The maximum absolute atomic E-state index is 12.7. The van der Waals surface area contributed by atoms with Gasteiger partial charge in [-0.2, -0.15) is 0 Å². The highest BCUT2D eigenvalue weighted by molar-refractivity contribution is 5.92. The van der Waals surface area contributed by atoms with E-state index in [0.717, 1.165) is 13.1 Å². The summed E-state index contributed by atoms with van der Waals surface area (Å²) < 4.78 is 6.65. The van der Waals surface area contributed by atoms with Crippen molar-refractivity contribution in [1.82, 2.24) is 9.47 Å². The van der Waals surface area contributed by atoms with Crippen LogP contribution in [0.1, 0.15) is 10.5 Å². The number of anilines is 1. The molecule has 126 valence electrons. The lowest BCUT2D eigenvalue weighted by atomic mass is 10.2. The first kappa shape index (κ1) is 16.1. The lowest BCUT2D eigenvalue weighted by molar-refractivity contribution is 0.0736. The zero-order valence-corrected chi connectivity index (χ0v) is 13.9. The standard InChI is InChI=1S/C18H21N3O3/c1-19-13-17(24-2)16(22)12-15(19)18(23)21-10-8-20(9-11-21)14-6-4-3-5-7-14/h3-7,12-13H,8-11H2,1-2H3. The molecule has 1 saturated heterocycles. The predicted molar refractivity (Wildman–Crippen MR) is 92.8 cm³/mol. The number of amides is 1. The van der Waals surface area contributed by atoms with E-state index in [-0.39, 0.29) is 17.1 Å². The van der Waals surface area contributed by atoms with E-state index in [4.69, 9.17) is 4.74 Å². The summed E-state index contributed by atoms with van der Waals surface area (Å²) in [6, 6.07) is 11.5. The molecule has 0 unspecified atom stereocenters. The van der Waals surface area contributed by atoms with Gasteiger partial charge in [-0.3, -0.25) is 9.59 Å². The summed E-state index contributed by atoms with van der Waals surface area (Å²) in [6.45, 7) is 2.82. The van der Waals surface area contributed by atoms with E-state index in [9.17, 15) is 9.59 Å². The summed E-state index contributed by atoms with van der Waals surface area (Å²) in [6.07, 6.45) is 1.55. The van der Waals surface area contributed by atoms with Crippen molar-refractivity contribution in [3.8, 4) is 5.75 Å². The largest absolute Gasteiger partial charge is 0.491 e. The topological polar surface area (TPSA) is 54.8 Å². The summed E-state index contributed by atoms with van der Waals surface area (Å²) in [5.74, 6) is 0.118.